The molecule has 2 heteroatoms. The maximum atomic E-state index is 3.73. The van der Waals surface area contributed by atoms with Gasteiger partial charge in [-0.1, -0.05) is 18.2 Å². The Morgan fingerprint density at radius 1 is 0.818 bits per heavy atom. The van der Waals surface area contributed by atoms with Gasteiger partial charge >= 0.3 is 0 Å². The molecule has 0 N–H and O–H groups in total. The van der Waals surface area contributed by atoms with Crippen LogP contribution in [0.4, 0.5) is 0 Å². The van der Waals surface area contributed by atoms with Gasteiger partial charge in [-0.2, -0.15) is 0 Å². The van der Waals surface area contributed by atoms with E-state index in [1.165, 1.54) is 18.1 Å². The summed E-state index contributed by atoms with van der Waals surface area (Å²) in [5.74, 6) is 0. The number of rotatable bonds is 6. The summed E-state index contributed by atoms with van der Waals surface area (Å²) < 4.78 is 0. The Hall–Kier alpha value is 0.0603. The molecule has 0 bridgehead atoms. The van der Waals surface area contributed by atoms with Crippen molar-refractivity contribution in [1.82, 2.24) is 0 Å². The molecule has 0 aliphatic heterocycles. The average Bonchev–Trinajstić information content (AvgIpc) is 1.90. The largest absolute Gasteiger partial charge is 0.103 e. The van der Waals surface area contributed by atoms with Crippen LogP contribution in [0.3, 0.4) is 0 Å². The van der Waals surface area contributed by atoms with Gasteiger partial charge in [-0.3, -0.25) is 0 Å². The van der Waals surface area contributed by atoms with Gasteiger partial charge < -0.3 is 0 Å². The molecular formula is C9H16RuSi. The quantitative estimate of drug-likeness (QED) is 0.504. The molecule has 0 amide bonds. The normalized spacial score (nSPS) is 8.45. The van der Waals surface area contributed by atoms with E-state index < -0.39 is 8.80 Å². The summed E-state index contributed by atoms with van der Waals surface area (Å²) in [6, 6.07) is 3.62. The monoisotopic (exact) mass is 254 g/mol. The van der Waals surface area contributed by atoms with E-state index in [1.54, 1.807) is 0 Å². The fourth-order valence-electron chi connectivity index (χ4n) is 0.996. The number of hydrogen-bond donors (Lipinski definition) is 0. The van der Waals surface area contributed by atoms with Gasteiger partial charge in [0.15, 0.2) is 0 Å². The van der Waals surface area contributed by atoms with Gasteiger partial charge in [-0.15, -0.1) is 19.7 Å². The van der Waals surface area contributed by atoms with E-state index in [4.69, 9.17) is 0 Å². The third-order valence-electron chi connectivity index (χ3n) is 1.50. The van der Waals surface area contributed by atoms with Crippen LogP contribution in [0.2, 0.25) is 18.1 Å². The molecule has 0 aromatic carbocycles. The first kappa shape index (κ1) is 13.6. The molecule has 0 atom stereocenters. The molecule has 0 spiro atoms. The van der Waals surface area contributed by atoms with E-state index in [-0.39, 0.29) is 19.5 Å². The SMILES string of the molecule is C=CC[SiH](CC=C)CC=C.[Ru]. The molecule has 0 aliphatic carbocycles. The van der Waals surface area contributed by atoms with Gasteiger partial charge in [0.1, 0.15) is 0 Å². The van der Waals surface area contributed by atoms with Crippen molar-refractivity contribution in [3.05, 3.63) is 38.0 Å². The molecule has 0 aromatic rings. The molecule has 0 aliphatic rings. The predicted octanol–water partition coefficient (Wildman–Crippen LogP) is 2.77. The Kier molecular flexibility index (Phi) is 12.5. The van der Waals surface area contributed by atoms with Crippen LogP contribution in [0, 0.1) is 0 Å². The van der Waals surface area contributed by atoms with Crippen molar-refractivity contribution in [2.75, 3.05) is 0 Å². The Balaban J connectivity index is 0. The zero-order valence-corrected chi connectivity index (χ0v) is 9.80. The maximum absolute atomic E-state index is 3.73. The molecule has 0 saturated carbocycles. The summed E-state index contributed by atoms with van der Waals surface area (Å²) in [5, 5.41) is 0. The fraction of sp³-hybridized carbons (Fsp3) is 0.333. The van der Waals surface area contributed by atoms with Crippen LogP contribution < -0.4 is 0 Å². The van der Waals surface area contributed by atoms with Gasteiger partial charge in [-0.05, 0) is 18.1 Å². The van der Waals surface area contributed by atoms with E-state index in [9.17, 15) is 0 Å². The van der Waals surface area contributed by atoms with Crippen molar-refractivity contribution in [2.24, 2.45) is 0 Å². The molecule has 0 heterocycles. The minimum atomic E-state index is -0.588. The van der Waals surface area contributed by atoms with Crippen LogP contribution in [-0.2, 0) is 19.5 Å². The second-order valence-electron chi connectivity index (χ2n) is 2.44. The van der Waals surface area contributed by atoms with Crippen LogP contribution in [0.25, 0.3) is 0 Å². The van der Waals surface area contributed by atoms with Crippen molar-refractivity contribution < 1.29 is 19.5 Å². The summed E-state index contributed by atoms with van der Waals surface area (Å²) in [6.45, 7) is 11.2. The predicted molar refractivity (Wildman–Crippen MR) is 52.2 cm³/mol. The Morgan fingerprint density at radius 3 is 1.27 bits per heavy atom. The van der Waals surface area contributed by atoms with Gasteiger partial charge in [0.2, 0.25) is 0 Å². The molecule has 0 rings (SSSR count). The minimum absolute atomic E-state index is 0. The van der Waals surface area contributed by atoms with Gasteiger partial charge in [0, 0.05) is 28.3 Å². The van der Waals surface area contributed by atoms with Crippen LogP contribution >= 0.6 is 0 Å². The van der Waals surface area contributed by atoms with E-state index >= 15 is 0 Å². The molecule has 11 heavy (non-hydrogen) atoms. The van der Waals surface area contributed by atoms with Crippen molar-refractivity contribution in [1.29, 1.82) is 0 Å². The molecule has 0 saturated heterocycles. The Labute approximate surface area is 84.5 Å². The topological polar surface area (TPSA) is 0 Å². The molecular weight excluding hydrogens is 237 g/mol. The van der Waals surface area contributed by atoms with Gasteiger partial charge in [0.25, 0.3) is 0 Å². The van der Waals surface area contributed by atoms with Crippen LogP contribution in [-0.4, -0.2) is 8.80 Å². The van der Waals surface area contributed by atoms with Crippen molar-refractivity contribution >= 4 is 8.80 Å². The van der Waals surface area contributed by atoms with Crippen LogP contribution in [0.15, 0.2) is 38.0 Å². The first-order valence-electron chi connectivity index (χ1n) is 3.67. The van der Waals surface area contributed by atoms with Crippen molar-refractivity contribution in [3.8, 4) is 0 Å². The zero-order chi connectivity index (χ0) is 7.82. The molecule has 0 fully saturated rings. The summed E-state index contributed by atoms with van der Waals surface area (Å²) in [7, 11) is -0.588. The first-order valence-corrected chi connectivity index (χ1v) is 6.12. The zero-order valence-electron chi connectivity index (χ0n) is 6.91. The number of allylic oxidation sites excluding steroid dienone is 3. The standard InChI is InChI=1S/C9H16Si.Ru/c1-4-7-10(8-5-2)9-6-3;/h4-6,10H,1-3,7-9H2;. The van der Waals surface area contributed by atoms with E-state index in [0.717, 1.165) is 0 Å². The van der Waals surface area contributed by atoms with E-state index in [2.05, 4.69) is 19.7 Å². The third kappa shape index (κ3) is 7.96. The summed E-state index contributed by atoms with van der Waals surface area (Å²) >= 11 is 0. The van der Waals surface area contributed by atoms with Crippen LogP contribution in [0.1, 0.15) is 0 Å². The van der Waals surface area contributed by atoms with E-state index in [0.29, 0.717) is 0 Å². The number of hydrogen-bond acceptors (Lipinski definition) is 0. The fourth-order valence-corrected chi connectivity index (χ4v) is 2.99. The smallest absolute Gasteiger partial charge is 0.0480 e. The van der Waals surface area contributed by atoms with Gasteiger partial charge in [-0.25, -0.2) is 0 Å². The summed E-state index contributed by atoms with van der Waals surface area (Å²) in [6.07, 6.45) is 6.05. The van der Waals surface area contributed by atoms with Crippen molar-refractivity contribution in [3.63, 3.8) is 0 Å². The Morgan fingerprint density at radius 2 is 1.09 bits per heavy atom. The van der Waals surface area contributed by atoms with Gasteiger partial charge in [0.05, 0.1) is 0 Å². The molecule has 0 unspecified atom stereocenters. The molecule has 0 nitrogen and oxygen atoms in total. The van der Waals surface area contributed by atoms with E-state index in [1.807, 2.05) is 18.2 Å². The van der Waals surface area contributed by atoms with Crippen LogP contribution in [0.5, 0.6) is 0 Å². The third-order valence-corrected chi connectivity index (χ3v) is 4.50. The summed E-state index contributed by atoms with van der Waals surface area (Å²) in [4.78, 5) is 0. The van der Waals surface area contributed by atoms with Crippen molar-refractivity contribution in [2.45, 2.75) is 18.1 Å². The Bertz CT molecular complexity index is 97.0. The first-order chi connectivity index (χ1) is 4.85. The average molecular weight is 253 g/mol. The second kappa shape index (κ2) is 10.1. The summed E-state index contributed by atoms with van der Waals surface area (Å²) in [5.41, 5.74) is 0. The minimum Gasteiger partial charge on any atom is -0.103 e. The maximum Gasteiger partial charge on any atom is 0.0480 e. The second-order valence-corrected chi connectivity index (χ2v) is 5.59. The molecule has 0 aromatic heterocycles. The molecule has 0 radical (unpaired) electrons. The molecule has 64 valence electrons.